The number of nitrogens with two attached hydrogens (primary N) is 1. The second kappa shape index (κ2) is 8.27. The molecule has 3 aromatic rings. The standard InChI is InChI=1S/C27H30N4O2/c1-27(29-2,26(28)33)22-14-13-18-7-3-6-10-24(18)31(25(22)32)16-21-19-8-4-5-9-23(19)30-15-20(21)17-11-12-17/h3-10,15,17,22,29H,11-14,16H2,1-2H3,(H2,28,33)/t22-,27?/m1/s1. The summed E-state index contributed by atoms with van der Waals surface area (Å²) in [4.78, 5) is 33.1. The topological polar surface area (TPSA) is 88.3 Å². The maximum Gasteiger partial charge on any atom is 0.238 e. The van der Waals surface area contributed by atoms with E-state index in [-0.39, 0.29) is 5.91 Å². The molecule has 1 aliphatic heterocycles. The van der Waals surface area contributed by atoms with Crippen LogP contribution in [0.3, 0.4) is 0 Å². The summed E-state index contributed by atoms with van der Waals surface area (Å²) < 4.78 is 0. The summed E-state index contributed by atoms with van der Waals surface area (Å²) in [6.07, 6.45) is 5.56. The fourth-order valence-corrected chi connectivity index (χ4v) is 5.18. The number of aromatic nitrogens is 1. The molecule has 3 N–H and O–H groups in total. The molecule has 0 spiro atoms. The number of aryl methyl sites for hydroxylation is 1. The lowest BCUT2D eigenvalue weighted by Crippen LogP contribution is -2.60. The number of carbonyl (C=O) groups excluding carboxylic acids is 2. The van der Waals surface area contributed by atoms with Crippen molar-refractivity contribution in [3.8, 4) is 0 Å². The van der Waals surface area contributed by atoms with Crippen molar-refractivity contribution < 1.29 is 9.59 Å². The summed E-state index contributed by atoms with van der Waals surface area (Å²) in [5.74, 6) is -0.649. The largest absolute Gasteiger partial charge is 0.368 e. The van der Waals surface area contributed by atoms with E-state index in [0.717, 1.165) is 40.6 Å². The number of amides is 2. The second-order valence-electron chi connectivity index (χ2n) is 9.44. The lowest BCUT2D eigenvalue weighted by Gasteiger charge is -2.36. The highest BCUT2D eigenvalue weighted by molar-refractivity contribution is 6.02. The van der Waals surface area contributed by atoms with Crippen LogP contribution in [0, 0.1) is 5.92 Å². The molecule has 1 unspecified atom stereocenters. The van der Waals surface area contributed by atoms with Crippen molar-refractivity contribution in [1.29, 1.82) is 0 Å². The Balaban J connectivity index is 1.65. The number of fused-ring (bicyclic) bond motifs is 2. The lowest BCUT2D eigenvalue weighted by atomic mass is 9.80. The Morgan fingerprint density at radius 3 is 2.61 bits per heavy atom. The van der Waals surface area contributed by atoms with E-state index in [0.29, 0.717) is 25.3 Å². The summed E-state index contributed by atoms with van der Waals surface area (Å²) in [5, 5.41) is 4.14. The molecule has 2 heterocycles. The van der Waals surface area contributed by atoms with Crippen LogP contribution in [0.5, 0.6) is 0 Å². The van der Waals surface area contributed by atoms with Gasteiger partial charge in [-0.3, -0.25) is 14.6 Å². The minimum atomic E-state index is -1.13. The number of anilines is 1. The number of rotatable bonds is 6. The van der Waals surface area contributed by atoms with Gasteiger partial charge in [-0.05, 0) is 74.4 Å². The van der Waals surface area contributed by atoms with Crippen molar-refractivity contribution in [2.75, 3.05) is 11.9 Å². The van der Waals surface area contributed by atoms with Crippen molar-refractivity contribution in [2.45, 2.75) is 50.6 Å². The van der Waals surface area contributed by atoms with Crippen LogP contribution in [0.2, 0.25) is 0 Å². The number of hydrogen-bond donors (Lipinski definition) is 2. The number of primary amides is 1. The molecule has 33 heavy (non-hydrogen) atoms. The van der Waals surface area contributed by atoms with E-state index in [4.69, 9.17) is 10.7 Å². The van der Waals surface area contributed by atoms with Gasteiger partial charge in [-0.2, -0.15) is 0 Å². The molecule has 1 aromatic heterocycles. The van der Waals surface area contributed by atoms with Crippen molar-refractivity contribution in [3.63, 3.8) is 0 Å². The predicted molar refractivity (Wildman–Crippen MR) is 130 cm³/mol. The number of pyridine rings is 1. The lowest BCUT2D eigenvalue weighted by molar-refractivity contribution is -0.134. The highest BCUT2D eigenvalue weighted by atomic mass is 16.2. The highest BCUT2D eigenvalue weighted by Gasteiger charge is 2.46. The second-order valence-corrected chi connectivity index (χ2v) is 9.44. The molecule has 2 amide bonds. The Labute approximate surface area is 194 Å². The molecular weight excluding hydrogens is 412 g/mol. The monoisotopic (exact) mass is 442 g/mol. The van der Waals surface area contributed by atoms with Gasteiger partial charge in [0.2, 0.25) is 11.8 Å². The molecule has 1 fully saturated rings. The van der Waals surface area contributed by atoms with Gasteiger partial charge in [0, 0.05) is 17.3 Å². The molecule has 0 bridgehead atoms. The molecule has 170 valence electrons. The Hall–Kier alpha value is -3.25. The first kappa shape index (κ1) is 21.6. The van der Waals surface area contributed by atoms with Crippen molar-refractivity contribution in [3.05, 3.63) is 71.4 Å². The number of nitrogens with one attached hydrogen (secondary N) is 1. The Bertz CT molecular complexity index is 1240. The van der Waals surface area contributed by atoms with Crippen LogP contribution < -0.4 is 16.0 Å². The first-order valence-electron chi connectivity index (χ1n) is 11.7. The first-order chi connectivity index (χ1) is 15.9. The summed E-state index contributed by atoms with van der Waals surface area (Å²) >= 11 is 0. The van der Waals surface area contributed by atoms with Crippen LogP contribution in [0.4, 0.5) is 5.69 Å². The van der Waals surface area contributed by atoms with Crippen molar-refractivity contribution in [1.82, 2.24) is 10.3 Å². The Morgan fingerprint density at radius 2 is 1.88 bits per heavy atom. The van der Waals surface area contributed by atoms with E-state index in [9.17, 15) is 9.59 Å². The molecule has 1 saturated carbocycles. The number of benzene rings is 2. The molecular formula is C27H30N4O2. The molecule has 2 aromatic carbocycles. The summed E-state index contributed by atoms with van der Waals surface area (Å²) in [5.41, 5.74) is 10.0. The zero-order valence-electron chi connectivity index (χ0n) is 19.2. The quantitative estimate of drug-likeness (QED) is 0.610. The molecule has 0 radical (unpaired) electrons. The smallest absolute Gasteiger partial charge is 0.238 e. The van der Waals surface area contributed by atoms with Crippen molar-refractivity contribution >= 4 is 28.4 Å². The number of nitrogens with zero attached hydrogens (tertiary/aromatic N) is 2. The van der Waals surface area contributed by atoms with E-state index in [1.54, 1.807) is 14.0 Å². The fourth-order valence-electron chi connectivity index (χ4n) is 5.18. The van der Waals surface area contributed by atoms with Gasteiger partial charge in [0.15, 0.2) is 0 Å². The van der Waals surface area contributed by atoms with Gasteiger partial charge in [-0.1, -0.05) is 36.4 Å². The Kier molecular flexibility index (Phi) is 5.41. The van der Waals surface area contributed by atoms with Crippen LogP contribution in [-0.2, 0) is 22.6 Å². The zero-order valence-corrected chi connectivity index (χ0v) is 19.2. The minimum absolute atomic E-state index is 0.0711. The van der Waals surface area contributed by atoms with E-state index >= 15 is 0 Å². The molecule has 1 aliphatic carbocycles. The molecule has 0 saturated heterocycles. The van der Waals surface area contributed by atoms with E-state index < -0.39 is 17.4 Å². The first-order valence-corrected chi connectivity index (χ1v) is 11.7. The molecule has 2 aliphatic rings. The maximum absolute atomic E-state index is 14.1. The number of para-hydroxylation sites is 2. The minimum Gasteiger partial charge on any atom is -0.368 e. The SMILES string of the molecule is CNC(C)(C(N)=O)[C@@H]1CCc2ccccc2N(Cc2c(C3CC3)cnc3ccccc23)C1=O. The van der Waals surface area contributed by atoms with E-state index in [1.165, 1.54) is 5.56 Å². The normalized spacial score (nSPS) is 20.2. The summed E-state index contributed by atoms with van der Waals surface area (Å²) in [7, 11) is 1.70. The average Bonchev–Trinajstić information content (AvgIpc) is 3.68. The summed E-state index contributed by atoms with van der Waals surface area (Å²) in [6, 6.07) is 16.2. The zero-order chi connectivity index (χ0) is 23.2. The molecule has 6 nitrogen and oxygen atoms in total. The Morgan fingerprint density at radius 1 is 1.15 bits per heavy atom. The van der Waals surface area contributed by atoms with Gasteiger partial charge in [0.1, 0.15) is 5.54 Å². The molecule has 6 heteroatoms. The average molecular weight is 443 g/mol. The van der Waals surface area contributed by atoms with Gasteiger partial charge in [-0.25, -0.2) is 0 Å². The van der Waals surface area contributed by atoms with Gasteiger partial charge in [-0.15, -0.1) is 0 Å². The number of likely N-dealkylation sites (N-methyl/N-ethyl adjacent to an activating group) is 1. The van der Waals surface area contributed by atoms with Crippen LogP contribution in [0.25, 0.3) is 10.9 Å². The highest BCUT2D eigenvalue weighted by Crippen LogP contribution is 2.44. The summed E-state index contributed by atoms with van der Waals surface area (Å²) in [6.45, 7) is 2.18. The van der Waals surface area contributed by atoms with Gasteiger partial charge >= 0.3 is 0 Å². The van der Waals surface area contributed by atoms with Crippen LogP contribution >= 0.6 is 0 Å². The van der Waals surface area contributed by atoms with Crippen molar-refractivity contribution in [2.24, 2.45) is 11.7 Å². The van der Waals surface area contributed by atoms with Gasteiger partial charge < -0.3 is 16.0 Å². The van der Waals surface area contributed by atoms with Gasteiger partial charge in [0.25, 0.3) is 0 Å². The van der Waals surface area contributed by atoms with Crippen LogP contribution in [-0.4, -0.2) is 29.4 Å². The number of carbonyl (C=O) groups is 2. The number of hydrogen-bond acceptors (Lipinski definition) is 4. The third kappa shape index (κ3) is 3.68. The third-order valence-electron chi connectivity index (χ3n) is 7.53. The third-order valence-corrected chi connectivity index (χ3v) is 7.53. The predicted octanol–water partition coefficient (Wildman–Crippen LogP) is 3.67. The maximum atomic E-state index is 14.1. The fraction of sp³-hybridized carbons (Fsp3) is 0.370. The van der Waals surface area contributed by atoms with Gasteiger partial charge in [0.05, 0.1) is 18.0 Å². The molecule has 5 rings (SSSR count). The van der Waals surface area contributed by atoms with Crippen LogP contribution in [0.15, 0.2) is 54.7 Å². The van der Waals surface area contributed by atoms with E-state index in [2.05, 4.69) is 17.4 Å². The van der Waals surface area contributed by atoms with Crippen LogP contribution in [0.1, 0.15) is 48.8 Å². The van der Waals surface area contributed by atoms with E-state index in [1.807, 2.05) is 47.5 Å². The molecule has 2 atom stereocenters.